The molecule has 2 heterocycles. The van der Waals surface area contributed by atoms with Gasteiger partial charge in [-0.1, -0.05) is 51.1 Å². The molecule has 0 radical (unpaired) electrons. The average molecular weight is 410 g/mol. The van der Waals surface area contributed by atoms with Crippen molar-refractivity contribution >= 4 is 11.8 Å². The summed E-state index contributed by atoms with van der Waals surface area (Å²) in [5.74, 6) is -0.0912. The highest BCUT2D eigenvalue weighted by Crippen LogP contribution is 2.30. The van der Waals surface area contributed by atoms with E-state index in [1.165, 1.54) is 0 Å². The van der Waals surface area contributed by atoms with Crippen LogP contribution in [-0.2, 0) is 20.7 Å². The van der Waals surface area contributed by atoms with Crippen LogP contribution < -0.4 is 0 Å². The van der Waals surface area contributed by atoms with Crippen LogP contribution in [0.4, 0.5) is 0 Å². The number of carbonyl (C=O) groups is 2. The van der Waals surface area contributed by atoms with E-state index in [-0.39, 0.29) is 18.4 Å². The van der Waals surface area contributed by atoms with Crippen molar-refractivity contribution in [2.45, 2.75) is 32.8 Å². The van der Waals surface area contributed by atoms with E-state index in [1.54, 1.807) is 30.1 Å². The third-order valence-electron chi connectivity index (χ3n) is 5.32. The number of benzene rings is 1. The molecule has 0 N–H and O–H groups in total. The van der Waals surface area contributed by atoms with Crippen LogP contribution >= 0.6 is 0 Å². The Morgan fingerprint density at radius 2 is 1.90 bits per heavy atom. The van der Waals surface area contributed by atoms with Crippen LogP contribution in [0.3, 0.4) is 0 Å². The Labute approximate surface area is 178 Å². The van der Waals surface area contributed by atoms with Crippen LogP contribution in [0.2, 0.25) is 0 Å². The van der Waals surface area contributed by atoms with Crippen LogP contribution in [0.5, 0.6) is 0 Å². The Hall–Kier alpha value is -2.73. The monoisotopic (exact) mass is 409 g/mol. The zero-order valence-corrected chi connectivity index (χ0v) is 18.5. The van der Waals surface area contributed by atoms with Gasteiger partial charge in [0.05, 0.1) is 13.2 Å². The number of hydrogen-bond acceptors (Lipinski definition) is 4. The standard InChI is InChI=1S/C24H31N3O3/c1-23(2,3)21(28)27-12-13-30-24(17-27,22(29)26(4)5)15-18-8-6-9-19(14-18)20-10-7-11-25-16-20/h6-11,14,16H,12-13,15,17H2,1-5H3. The zero-order valence-electron chi connectivity index (χ0n) is 18.5. The summed E-state index contributed by atoms with van der Waals surface area (Å²) < 4.78 is 6.13. The molecule has 1 fully saturated rings. The summed E-state index contributed by atoms with van der Waals surface area (Å²) in [6.07, 6.45) is 3.96. The lowest BCUT2D eigenvalue weighted by Gasteiger charge is -2.44. The minimum Gasteiger partial charge on any atom is -0.361 e. The predicted molar refractivity (Wildman–Crippen MR) is 117 cm³/mol. The van der Waals surface area contributed by atoms with E-state index in [2.05, 4.69) is 11.1 Å². The van der Waals surface area contributed by atoms with Crippen LogP contribution in [-0.4, -0.2) is 66.0 Å². The summed E-state index contributed by atoms with van der Waals surface area (Å²) in [5, 5.41) is 0. The smallest absolute Gasteiger partial charge is 0.256 e. The molecule has 0 spiro atoms. The highest BCUT2D eigenvalue weighted by Gasteiger charge is 2.47. The third kappa shape index (κ3) is 4.70. The van der Waals surface area contributed by atoms with Gasteiger partial charge in [-0.05, 0) is 22.8 Å². The molecule has 1 aromatic heterocycles. The summed E-state index contributed by atoms with van der Waals surface area (Å²) in [6.45, 7) is 6.78. The van der Waals surface area contributed by atoms with Gasteiger partial charge in [0.2, 0.25) is 5.91 Å². The molecule has 1 atom stereocenters. The van der Waals surface area contributed by atoms with Crippen molar-refractivity contribution in [1.82, 2.24) is 14.8 Å². The normalized spacial score (nSPS) is 19.4. The minimum absolute atomic E-state index is 0.0332. The first-order valence-corrected chi connectivity index (χ1v) is 10.3. The Kier molecular flexibility index (Phi) is 6.27. The van der Waals surface area contributed by atoms with Gasteiger partial charge in [-0.15, -0.1) is 0 Å². The van der Waals surface area contributed by atoms with Crippen molar-refractivity contribution in [3.05, 3.63) is 54.4 Å². The number of aromatic nitrogens is 1. The number of hydrogen-bond donors (Lipinski definition) is 0. The van der Waals surface area contributed by atoms with Gasteiger partial charge in [-0.25, -0.2) is 0 Å². The molecule has 160 valence electrons. The molecule has 1 aliphatic heterocycles. The maximum Gasteiger partial charge on any atom is 0.256 e. The molecular weight excluding hydrogens is 378 g/mol. The Bertz CT molecular complexity index is 905. The highest BCUT2D eigenvalue weighted by molar-refractivity contribution is 5.88. The number of likely N-dealkylation sites (N-methyl/N-ethyl adjacent to an activating group) is 1. The first-order valence-electron chi connectivity index (χ1n) is 10.3. The fourth-order valence-electron chi connectivity index (χ4n) is 3.88. The molecule has 1 aliphatic rings. The van der Waals surface area contributed by atoms with Gasteiger partial charge in [0.15, 0.2) is 5.60 Å². The molecule has 1 unspecified atom stereocenters. The van der Waals surface area contributed by atoms with Crippen LogP contribution in [0.25, 0.3) is 11.1 Å². The summed E-state index contributed by atoms with van der Waals surface area (Å²) >= 11 is 0. The molecule has 2 amide bonds. The second-order valence-corrected chi connectivity index (χ2v) is 9.14. The van der Waals surface area contributed by atoms with Crippen molar-refractivity contribution in [3.8, 4) is 11.1 Å². The largest absolute Gasteiger partial charge is 0.361 e. The molecule has 6 heteroatoms. The van der Waals surface area contributed by atoms with Gasteiger partial charge in [0.1, 0.15) is 0 Å². The molecule has 1 aromatic carbocycles. The summed E-state index contributed by atoms with van der Waals surface area (Å²) in [5.41, 5.74) is 1.42. The minimum atomic E-state index is -1.10. The number of pyridine rings is 1. The van der Waals surface area contributed by atoms with Gasteiger partial charge in [0.25, 0.3) is 5.91 Å². The van der Waals surface area contributed by atoms with Gasteiger partial charge in [-0.2, -0.15) is 0 Å². The number of nitrogens with zero attached hydrogens (tertiary/aromatic N) is 3. The van der Waals surface area contributed by atoms with E-state index in [0.29, 0.717) is 19.6 Å². The zero-order chi connectivity index (χ0) is 21.9. The lowest BCUT2D eigenvalue weighted by atomic mass is 9.88. The molecule has 0 aliphatic carbocycles. The van der Waals surface area contributed by atoms with E-state index in [1.807, 2.05) is 57.3 Å². The average Bonchev–Trinajstić information content (AvgIpc) is 2.73. The predicted octanol–water partition coefficient (Wildman–Crippen LogP) is 3.02. The number of morpholine rings is 1. The van der Waals surface area contributed by atoms with Crippen LogP contribution in [0, 0.1) is 5.41 Å². The van der Waals surface area contributed by atoms with E-state index in [4.69, 9.17) is 4.74 Å². The Balaban J connectivity index is 1.93. The Morgan fingerprint density at radius 3 is 2.53 bits per heavy atom. The number of amides is 2. The fourth-order valence-corrected chi connectivity index (χ4v) is 3.88. The first-order chi connectivity index (χ1) is 14.1. The topological polar surface area (TPSA) is 62.7 Å². The lowest BCUT2D eigenvalue weighted by Crippen LogP contribution is -2.62. The van der Waals surface area contributed by atoms with Crippen LogP contribution in [0.15, 0.2) is 48.8 Å². The van der Waals surface area contributed by atoms with Crippen molar-refractivity contribution in [2.24, 2.45) is 5.41 Å². The first kappa shape index (κ1) is 22.0. The van der Waals surface area contributed by atoms with Gasteiger partial charge in [-0.3, -0.25) is 14.6 Å². The van der Waals surface area contributed by atoms with Crippen molar-refractivity contribution in [3.63, 3.8) is 0 Å². The SMILES string of the molecule is CN(C)C(=O)C1(Cc2cccc(-c3cccnc3)c2)CN(C(=O)C(C)(C)C)CCO1. The van der Waals surface area contributed by atoms with E-state index >= 15 is 0 Å². The van der Waals surface area contributed by atoms with E-state index in [0.717, 1.165) is 16.7 Å². The number of rotatable bonds is 4. The van der Waals surface area contributed by atoms with Crippen molar-refractivity contribution < 1.29 is 14.3 Å². The number of ether oxygens (including phenoxy) is 1. The number of carbonyl (C=O) groups excluding carboxylic acids is 2. The lowest BCUT2D eigenvalue weighted by molar-refractivity contribution is -0.175. The second-order valence-electron chi connectivity index (χ2n) is 9.14. The maximum atomic E-state index is 13.2. The van der Waals surface area contributed by atoms with Gasteiger partial charge in [0, 0.05) is 44.9 Å². The maximum absolute atomic E-state index is 13.2. The molecule has 0 saturated carbocycles. The van der Waals surface area contributed by atoms with Crippen molar-refractivity contribution in [2.75, 3.05) is 33.8 Å². The summed E-state index contributed by atoms with van der Waals surface area (Å²) in [7, 11) is 3.45. The molecule has 0 bridgehead atoms. The molecular formula is C24H31N3O3. The molecule has 3 rings (SSSR count). The molecule has 6 nitrogen and oxygen atoms in total. The second kappa shape index (κ2) is 8.56. The quantitative estimate of drug-likeness (QED) is 0.779. The molecule has 2 aromatic rings. The summed E-state index contributed by atoms with van der Waals surface area (Å²) in [6, 6.07) is 12.0. The van der Waals surface area contributed by atoms with E-state index < -0.39 is 11.0 Å². The van der Waals surface area contributed by atoms with E-state index in [9.17, 15) is 9.59 Å². The molecule has 30 heavy (non-hydrogen) atoms. The highest BCUT2D eigenvalue weighted by atomic mass is 16.5. The molecule has 1 saturated heterocycles. The summed E-state index contributed by atoms with van der Waals surface area (Å²) in [4.78, 5) is 33.7. The third-order valence-corrected chi connectivity index (χ3v) is 5.32. The van der Waals surface area contributed by atoms with Gasteiger partial charge >= 0.3 is 0 Å². The fraction of sp³-hybridized carbons (Fsp3) is 0.458. The van der Waals surface area contributed by atoms with Crippen molar-refractivity contribution in [1.29, 1.82) is 0 Å². The van der Waals surface area contributed by atoms with Crippen LogP contribution in [0.1, 0.15) is 26.3 Å². The Morgan fingerprint density at radius 1 is 1.17 bits per heavy atom. The van der Waals surface area contributed by atoms with Gasteiger partial charge < -0.3 is 14.5 Å².